The Morgan fingerprint density at radius 3 is 2.54 bits per heavy atom. The first kappa shape index (κ1) is 18.4. The Balaban J connectivity index is 1.59. The van der Waals surface area contributed by atoms with Crippen LogP contribution in [0.15, 0.2) is 42.5 Å². The molecular weight excluding hydrogens is 331 g/mol. The second kappa shape index (κ2) is 8.32. The molecule has 0 aromatic heterocycles. The standard InChI is InChI=1S/C21H25FN2O2/c1-26-21(25)18-3-2-4-20(23)19(18)14-24-11-9-16(10-12-24)13-15-5-7-17(22)8-6-15/h2-8,16H,9-14,23H2,1H3. The smallest absolute Gasteiger partial charge is 0.338 e. The fourth-order valence-corrected chi connectivity index (χ4v) is 3.61. The SMILES string of the molecule is COC(=O)c1cccc(N)c1CN1CCC(Cc2ccc(F)cc2)CC1. The van der Waals surface area contributed by atoms with Gasteiger partial charge in [0, 0.05) is 17.8 Å². The van der Waals surface area contributed by atoms with E-state index in [0.29, 0.717) is 23.7 Å². The molecule has 1 fully saturated rings. The van der Waals surface area contributed by atoms with Crippen LogP contribution in [-0.2, 0) is 17.7 Å². The fraction of sp³-hybridized carbons (Fsp3) is 0.381. The maximum atomic E-state index is 13.0. The van der Waals surface area contributed by atoms with Gasteiger partial charge in [0.15, 0.2) is 0 Å². The van der Waals surface area contributed by atoms with Crippen LogP contribution in [0.25, 0.3) is 0 Å². The molecule has 2 aromatic rings. The number of piperidine rings is 1. The lowest BCUT2D eigenvalue weighted by Crippen LogP contribution is -2.34. The van der Waals surface area contributed by atoms with Gasteiger partial charge in [-0.05, 0) is 68.1 Å². The number of halogens is 1. The second-order valence-electron chi connectivity index (χ2n) is 6.92. The lowest BCUT2D eigenvalue weighted by molar-refractivity contribution is 0.0597. The summed E-state index contributed by atoms with van der Waals surface area (Å²) >= 11 is 0. The number of nitrogens with zero attached hydrogens (tertiary/aromatic N) is 1. The molecule has 2 aromatic carbocycles. The number of carbonyl (C=O) groups is 1. The minimum Gasteiger partial charge on any atom is -0.465 e. The van der Waals surface area contributed by atoms with Crippen molar-refractivity contribution in [2.24, 2.45) is 5.92 Å². The van der Waals surface area contributed by atoms with Gasteiger partial charge in [0.2, 0.25) is 0 Å². The summed E-state index contributed by atoms with van der Waals surface area (Å²) in [5, 5.41) is 0. The Kier molecular flexibility index (Phi) is 5.89. The van der Waals surface area contributed by atoms with E-state index in [-0.39, 0.29) is 11.8 Å². The van der Waals surface area contributed by atoms with E-state index in [1.54, 1.807) is 12.1 Å². The van der Waals surface area contributed by atoms with Crippen LogP contribution in [0.3, 0.4) is 0 Å². The molecule has 1 aliphatic heterocycles. The van der Waals surface area contributed by atoms with Crippen LogP contribution in [-0.4, -0.2) is 31.1 Å². The van der Waals surface area contributed by atoms with Gasteiger partial charge in [-0.15, -0.1) is 0 Å². The zero-order valence-corrected chi connectivity index (χ0v) is 15.1. The molecule has 0 atom stereocenters. The predicted octanol–water partition coefficient (Wildman–Crippen LogP) is 3.65. The first-order valence-electron chi connectivity index (χ1n) is 8.99. The second-order valence-corrected chi connectivity index (χ2v) is 6.92. The van der Waals surface area contributed by atoms with Crippen LogP contribution in [0.4, 0.5) is 10.1 Å². The Morgan fingerprint density at radius 1 is 1.19 bits per heavy atom. The number of nitrogen functional groups attached to an aromatic ring is 1. The summed E-state index contributed by atoms with van der Waals surface area (Å²) < 4.78 is 17.9. The topological polar surface area (TPSA) is 55.6 Å². The first-order chi connectivity index (χ1) is 12.6. The number of benzene rings is 2. The van der Waals surface area contributed by atoms with Crippen molar-refractivity contribution in [3.63, 3.8) is 0 Å². The van der Waals surface area contributed by atoms with E-state index in [2.05, 4.69) is 4.90 Å². The minimum absolute atomic E-state index is 0.189. The van der Waals surface area contributed by atoms with Gasteiger partial charge in [0.05, 0.1) is 12.7 Å². The Morgan fingerprint density at radius 2 is 1.88 bits per heavy atom. The van der Waals surface area contributed by atoms with Crippen molar-refractivity contribution >= 4 is 11.7 Å². The maximum Gasteiger partial charge on any atom is 0.338 e. The summed E-state index contributed by atoms with van der Waals surface area (Å²) in [6.45, 7) is 2.57. The molecule has 3 rings (SSSR count). The van der Waals surface area contributed by atoms with Crippen molar-refractivity contribution in [3.8, 4) is 0 Å². The molecule has 0 saturated carbocycles. The van der Waals surface area contributed by atoms with Gasteiger partial charge in [-0.25, -0.2) is 9.18 Å². The molecule has 0 unspecified atom stereocenters. The number of hydrogen-bond donors (Lipinski definition) is 1. The lowest BCUT2D eigenvalue weighted by Gasteiger charge is -2.32. The van der Waals surface area contributed by atoms with E-state index in [1.165, 1.54) is 24.8 Å². The number of hydrogen-bond acceptors (Lipinski definition) is 4. The van der Waals surface area contributed by atoms with Crippen LogP contribution in [0.1, 0.15) is 34.3 Å². The van der Waals surface area contributed by atoms with Crippen LogP contribution < -0.4 is 5.73 Å². The van der Waals surface area contributed by atoms with Crippen LogP contribution in [0.2, 0.25) is 0 Å². The molecular formula is C21H25FN2O2. The summed E-state index contributed by atoms with van der Waals surface area (Å²) in [6, 6.07) is 12.2. The molecule has 5 heteroatoms. The van der Waals surface area contributed by atoms with Crippen molar-refractivity contribution in [2.45, 2.75) is 25.8 Å². The predicted molar refractivity (Wildman–Crippen MR) is 100 cm³/mol. The third kappa shape index (κ3) is 4.41. The zero-order valence-electron chi connectivity index (χ0n) is 15.1. The van der Waals surface area contributed by atoms with E-state index in [0.717, 1.165) is 37.9 Å². The molecule has 26 heavy (non-hydrogen) atoms. The number of rotatable bonds is 5. The summed E-state index contributed by atoms with van der Waals surface area (Å²) in [5.41, 5.74) is 9.31. The quantitative estimate of drug-likeness (QED) is 0.656. The van der Waals surface area contributed by atoms with E-state index >= 15 is 0 Å². The largest absolute Gasteiger partial charge is 0.465 e. The Labute approximate surface area is 153 Å². The van der Waals surface area contributed by atoms with Crippen LogP contribution in [0, 0.1) is 11.7 Å². The van der Waals surface area contributed by atoms with Crippen molar-refractivity contribution in [2.75, 3.05) is 25.9 Å². The van der Waals surface area contributed by atoms with E-state index < -0.39 is 0 Å². The lowest BCUT2D eigenvalue weighted by atomic mass is 9.90. The van der Waals surface area contributed by atoms with Crippen molar-refractivity contribution in [3.05, 3.63) is 65.0 Å². The van der Waals surface area contributed by atoms with Gasteiger partial charge in [-0.3, -0.25) is 4.90 Å². The molecule has 0 bridgehead atoms. The van der Waals surface area contributed by atoms with E-state index in [1.807, 2.05) is 18.2 Å². The van der Waals surface area contributed by atoms with Gasteiger partial charge >= 0.3 is 5.97 Å². The Hall–Kier alpha value is -2.40. The van der Waals surface area contributed by atoms with Gasteiger partial charge in [0.1, 0.15) is 5.82 Å². The summed E-state index contributed by atoms with van der Waals surface area (Å²) in [5.74, 6) is 0.0637. The number of carbonyl (C=O) groups excluding carboxylic acids is 1. The third-order valence-electron chi connectivity index (χ3n) is 5.14. The van der Waals surface area contributed by atoms with E-state index in [9.17, 15) is 9.18 Å². The number of likely N-dealkylation sites (tertiary alicyclic amines) is 1. The molecule has 2 N–H and O–H groups in total. The van der Waals surface area contributed by atoms with Crippen LogP contribution >= 0.6 is 0 Å². The molecule has 138 valence electrons. The van der Waals surface area contributed by atoms with Gasteiger partial charge < -0.3 is 10.5 Å². The van der Waals surface area contributed by atoms with Gasteiger partial charge in [0.25, 0.3) is 0 Å². The van der Waals surface area contributed by atoms with Crippen molar-refractivity contribution < 1.29 is 13.9 Å². The molecule has 0 spiro atoms. The molecule has 0 radical (unpaired) electrons. The zero-order chi connectivity index (χ0) is 18.5. The minimum atomic E-state index is -0.349. The van der Waals surface area contributed by atoms with Crippen LogP contribution in [0.5, 0.6) is 0 Å². The highest BCUT2D eigenvalue weighted by molar-refractivity contribution is 5.92. The van der Waals surface area contributed by atoms with Crippen molar-refractivity contribution in [1.29, 1.82) is 0 Å². The van der Waals surface area contributed by atoms with E-state index in [4.69, 9.17) is 10.5 Å². The normalized spacial score (nSPS) is 15.8. The summed E-state index contributed by atoms with van der Waals surface area (Å²) in [6.07, 6.45) is 3.14. The summed E-state index contributed by atoms with van der Waals surface area (Å²) in [4.78, 5) is 14.3. The highest BCUT2D eigenvalue weighted by Gasteiger charge is 2.22. The summed E-state index contributed by atoms with van der Waals surface area (Å²) in [7, 11) is 1.39. The Bertz CT molecular complexity index is 753. The average molecular weight is 356 g/mol. The third-order valence-corrected chi connectivity index (χ3v) is 5.14. The molecule has 0 aliphatic carbocycles. The van der Waals surface area contributed by atoms with Crippen molar-refractivity contribution in [1.82, 2.24) is 4.90 Å². The number of anilines is 1. The number of nitrogens with two attached hydrogens (primary N) is 1. The number of esters is 1. The number of ether oxygens (including phenoxy) is 1. The molecule has 1 saturated heterocycles. The highest BCUT2D eigenvalue weighted by atomic mass is 19.1. The first-order valence-corrected chi connectivity index (χ1v) is 8.99. The maximum absolute atomic E-state index is 13.0. The molecule has 0 amide bonds. The highest BCUT2D eigenvalue weighted by Crippen LogP contribution is 2.26. The number of methoxy groups -OCH3 is 1. The fourth-order valence-electron chi connectivity index (χ4n) is 3.61. The monoisotopic (exact) mass is 356 g/mol. The molecule has 1 heterocycles. The van der Waals surface area contributed by atoms with Gasteiger partial charge in [-0.2, -0.15) is 0 Å². The molecule has 1 aliphatic rings. The van der Waals surface area contributed by atoms with Gasteiger partial charge in [-0.1, -0.05) is 18.2 Å². The average Bonchev–Trinajstić information content (AvgIpc) is 2.66. The molecule has 4 nitrogen and oxygen atoms in total.